The Labute approximate surface area is 134 Å². The molecule has 2 atom stereocenters. The van der Waals surface area contributed by atoms with Gasteiger partial charge in [-0.25, -0.2) is 0 Å². The monoisotopic (exact) mass is 309 g/mol. The summed E-state index contributed by atoms with van der Waals surface area (Å²) in [5.74, 6) is -1.08. The van der Waals surface area contributed by atoms with Gasteiger partial charge in [0.05, 0.1) is 6.10 Å². The standard InChI is InChI=1S/C10H20O3.C8H11N/c1-2-3-4-5-6-9(11)7-8-10(12)13;1-7(9)8-5-3-2-4-6-8/h9,11H,2-8H2,1H3,(H,12,13);2-7H,9H2,1H3/t;7-/m.0/s1. The largest absolute Gasteiger partial charge is 0.550 e. The topological polar surface area (TPSA) is 88.0 Å². The molecule has 0 spiro atoms. The van der Waals surface area contributed by atoms with Crippen LogP contribution in [0, 0.1) is 0 Å². The molecule has 4 N–H and O–H groups in total. The predicted octanol–water partition coefficient (Wildman–Crippen LogP) is 1.84. The molecule has 1 unspecified atom stereocenters. The van der Waals surface area contributed by atoms with Gasteiger partial charge < -0.3 is 20.7 Å². The van der Waals surface area contributed by atoms with Gasteiger partial charge in [0.2, 0.25) is 0 Å². The molecule has 0 aliphatic heterocycles. The highest BCUT2D eigenvalue weighted by molar-refractivity contribution is 5.64. The Morgan fingerprint density at radius 3 is 2.27 bits per heavy atom. The van der Waals surface area contributed by atoms with E-state index in [4.69, 9.17) is 0 Å². The normalized spacial score (nSPS) is 12.9. The van der Waals surface area contributed by atoms with Crippen molar-refractivity contribution in [3.05, 3.63) is 35.9 Å². The number of carbonyl (C=O) groups is 1. The summed E-state index contributed by atoms with van der Waals surface area (Å²) in [6, 6.07) is 10.7. The first kappa shape index (κ1) is 20.6. The lowest BCUT2D eigenvalue weighted by atomic mass is 10.1. The smallest absolute Gasteiger partial charge is 0.107 e. The first-order valence-corrected chi connectivity index (χ1v) is 8.23. The zero-order chi connectivity index (χ0) is 16.8. The van der Waals surface area contributed by atoms with Crippen molar-refractivity contribution >= 4 is 5.97 Å². The van der Waals surface area contributed by atoms with Crippen LogP contribution in [-0.4, -0.2) is 17.2 Å². The molecule has 1 aromatic rings. The molecule has 126 valence electrons. The summed E-state index contributed by atoms with van der Waals surface area (Å²) in [6.07, 6.45) is 5.02. The zero-order valence-corrected chi connectivity index (χ0v) is 14.0. The Bertz CT molecular complexity index is 379. The molecule has 0 saturated heterocycles. The van der Waals surface area contributed by atoms with Crippen molar-refractivity contribution in [3.8, 4) is 0 Å². The molecule has 0 fully saturated rings. The second-order valence-electron chi connectivity index (χ2n) is 5.73. The van der Waals surface area contributed by atoms with Crippen molar-refractivity contribution in [2.75, 3.05) is 0 Å². The summed E-state index contributed by atoms with van der Waals surface area (Å²) in [4.78, 5) is 10.1. The summed E-state index contributed by atoms with van der Waals surface area (Å²) < 4.78 is 0. The highest BCUT2D eigenvalue weighted by atomic mass is 16.4. The van der Waals surface area contributed by atoms with Crippen LogP contribution in [0.25, 0.3) is 0 Å². The van der Waals surface area contributed by atoms with E-state index in [0.717, 1.165) is 12.8 Å². The second-order valence-corrected chi connectivity index (χ2v) is 5.73. The number of hydrogen-bond acceptors (Lipinski definition) is 3. The van der Waals surface area contributed by atoms with Crippen LogP contribution in [0.3, 0.4) is 0 Å². The minimum Gasteiger partial charge on any atom is -0.550 e. The molecule has 0 amide bonds. The van der Waals surface area contributed by atoms with Crippen LogP contribution in [0.2, 0.25) is 0 Å². The third-order valence-electron chi connectivity index (χ3n) is 3.44. The van der Waals surface area contributed by atoms with Gasteiger partial charge in [-0.2, -0.15) is 0 Å². The SMILES string of the molecule is CCCCCCC(O)CCC(=O)[O-].C[C@H]([NH3+])c1ccccc1. The number of aliphatic hydroxyl groups excluding tert-OH is 1. The van der Waals surface area contributed by atoms with E-state index >= 15 is 0 Å². The molecule has 0 saturated carbocycles. The Balaban J connectivity index is 0.000000425. The zero-order valence-electron chi connectivity index (χ0n) is 14.0. The van der Waals surface area contributed by atoms with E-state index in [2.05, 4.69) is 31.7 Å². The van der Waals surface area contributed by atoms with Crippen LogP contribution in [-0.2, 0) is 4.79 Å². The van der Waals surface area contributed by atoms with E-state index in [0.29, 0.717) is 18.9 Å². The number of aliphatic hydroxyl groups is 1. The fourth-order valence-corrected chi connectivity index (χ4v) is 2.02. The number of aliphatic carboxylic acids is 1. The summed E-state index contributed by atoms with van der Waals surface area (Å²) in [5, 5.41) is 19.4. The van der Waals surface area contributed by atoms with E-state index in [9.17, 15) is 15.0 Å². The van der Waals surface area contributed by atoms with E-state index < -0.39 is 12.1 Å². The van der Waals surface area contributed by atoms with E-state index in [1.54, 1.807) is 0 Å². The van der Waals surface area contributed by atoms with Gasteiger partial charge in [-0.15, -0.1) is 0 Å². The molecule has 1 rings (SSSR count). The van der Waals surface area contributed by atoms with Gasteiger partial charge in [-0.1, -0.05) is 62.9 Å². The summed E-state index contributed by atoms with van der Waals surface area (Å²) in [5.41, 5.74) is 5.21. The van der Waals surface area contributed by atoms with E-state index in [-0.39, 0.29) is 6.42 Å². The van der Waals surface area contributed by atoms with Crippen LogP contribution >= 0.6 is 0 Å². The number of quaternary nitrogens is 1. The first-order chi connectivity index (χ1) is 10.5. The number of hydrogen-bond donors (Lipinski definition) is 2. The van der Waals surface area contributed by atoms with Crippen LogP contribution in [0.5, 0.6) is 0 Å². The number of rotatable bonds is 9. The Morgan fingerprint density at radius 1 is 1.18 bits per heavy atom. The van der Waals surface area contributed by atoms with Crippen LogP contribution in [0.15, 0.2) is 30.3 Å². The van der Waals surface area contributed by atoms with Gasteiger partial charge in [0.15, 0.2) is 0 Å². The Hall–Kier alpha value is -1.39. The van der Waals surface area contributed by atoms with Crippen molar-refractivity contribution in [1.29, 1.82) is 0 Å². The van der Waals surface area contributed by atoms with Crippen molar-refractivity contribution in [1.82, 2.24) is 0 Å². The fraction of sp³-hybridized carbons (Fsp3) is 0.611. The Kier molecular flexibility index (Phi) is 12.4. The van der Waals surface area contributed by atoms with Crippen LogP contribution < -0.4 is 10.8 Å². The van der Waals surface area contributed by atoms with E-state index in [1.807, 2.05) is 18.2 Å². The quantitative estimate of drug-likeness (QED) is 0.682. The average Bonchev–Trinajstić information content (AvgIpc) is 2.51. The van der Waals surface area contributed by atoms with Crippen molar-refractivity contribution in [3.63, 3.8) is 0 Å². The number of benzene rings is 1. The third kappa shape index (κ3) is 12.4. The van der Waals surface area contributed by atoms with Gasteiger partial charge in [0, 0.05) is 11.5 Å². The molecule has 1 aromatic carbocycles. The molecule has 0 heterocycles. The molecule has 0 aliphatic carbocycles. The lowest BCUT2D eigenvalue weighted by Gasteiger charge is -2.10. The average molecular weight is 309 g/mol. The van der Waals surface area contributed by atoms with Crippen molar-refractivity contribution in [2.24, 2.45) is 0 Å². The third-order valence-corrected chi connectivity index (χ3v) is 3.44. The lowest BCUT2D eigenvalue weighted by Crippen LogP contribution is -2.51. The van der Waals surface area contributed by atoms with Crippen molar-refractivity contribution in [2.45, 2.75) is 70.9 Å². The van der Waals surface area contributed by atoms with Gasteiger partial charge in [0.1, 0.15) is 6.04 Å². The molecule has 4 nitrogen and oxygen atoms in total. The second kappa shape index (κ2) is 13.3. The molecule has 0 aromatic heterocycles. The van der Waals surface area contributed by atoms with Crippen molar-refractivity contribution < 1.29 is 20.7 Å². The van der Waals surface area contributed by atoms with Crippen LogP contribution in [0.1, 0.15) is 70.4 Å². The summed E-state index contributed by atoms with van der Waals surface area (Å²) in [6.45, 7) is 4.22. The highest BCUT2D eigenvalue weighted by Gasteiger charge is 2.03. The number of carboxylic acids is 1. The minimum absolute atomic E-state index is 0.0328. The van der Waals surface area contributed by atoms with Gasteiger partial charge in [-0.05, 0) is 26.2 Å². The minimum atomic E-state index is -1.08. The van der Waals surface area contributed by atoms with Crippen LogP contribution in [0.4, 0.5) is 0 Å². The van der Waals surface area contributed by atoms with Gasteiger partial charge in [0.25, 0.3) is 0 Å². The molecular formula is C18H31NO3. The van der Waals surface area contributed by atoms with Gasteiger partial charge >= 0.3 is 0 Å². The maximum Gasteiger partial charge on any atom is 0.107 e. The molecule has 4 heteroatoms. The van der Waals surface area contributed by atoms with E-state index in [1.165, 1.54) is 18.4 Å². The maximum absolute atomic E-state index is 10.1. The predicted molar refractivity (Wildman–Crippen MR) is 86.8 cm³/mol. The van der Waals surface area contributed by atoms with Gasteiger partial charge in [-0.3, -0.25) is 0 Å². The molecule has 22 heavy (non-hydrogen) atoms. The lowest BCUT2D eigenvalue weighted by molar-refractivity contribution is -0.420. The highest BCUT2D eigenvalue weighted by Crippen LogP contribution is 2.09. The Morgan fingerprint density at radius 2 is 1.82 bits per heavy atom. The summed E-state index contributed by atoms with van der Waals surface area (Å²) >= 11 is 0. The molecule has 0 aliphatic rings. The fourth-order valence-electron chi connectivity index (χ4n) is 2.02. The number of unbranched alkanes of at least 4 members (excludes halogenated alkanes) is 3. The number of carboxylic acid groups (broad SMARTS) is 1. The molecule has 0 bridgehead atoms. The number of carbonyl (C=O) groups excluding carboxylic acids is 1. The maximum atomic E-state index is 10.1. The molecular weight excluding hydrogens is 278 g/mol. The molecule has 0 radical (unpaired) electrons. The summed E-state index contributed by atoms with van der Waals surface area (Å²) in [7, 11) is 0. The first-order valence-electron chi connectivity index (χ1n) is 8.23.